The van der Waals surface area contributed by atoms with E-state index in [-0.39, 0.29) is 0 Å². The summed E-state index contributed by atoms with van der Waals surface area (Å²) in [5.41, 5.74) is 4.94. The SMILES string of the molecule is CCCCOC(=O)[C@@H](C)Oc1ccc(OC(=O)c2ccc(-c3ccc(OCCCCCCCCCCC[Si](C)(C)O[Si](C)(C)O[Si](C)(C)CCCCCCCCCCCOc4ccc(-c5ccc(C(=O)Oc6ccc(O[C@H](C)C(=O)OCCCC)cc6)cc5)cc4)cc3)cc2)cc1. The van der Waals surface area contributed by atoms with Crippen LogP contribution in [-0.4, -0.2) is 87.7 Å². The van der Waals surface area contributed by atoms with Crippen molar-refractivity contribution in [1.29, 1.82) is 0 Å². The largest absolute Gasteiger partial charge is 0.494 e. The highest BCUT2D eigenvalue weighted by Crippen LogP contribution is 2.31. The van der Waals surface area contributed by atoms with Crippen molar-refractivity contribution in [3.8, 4) is 56.8 Å². The maximum Gasteiger partial charge on any atom is 0.347 e. The summed E-state index contributed by atoms with van der Waals surface area (Å²) in [4.78, 5) is 50.1. The molecule has 0 aliphatic rings. The smallest absolute Gasteiger partial charge is 0.347 e. The number of carbonyl (C=O) groups excluding carboxylic acids is 4. The molecular formula is C80H112O14Si3. The Labute approximate surface area is 583 Å². The van der Waals surface area contributed by atoms with Crippen molar-refractivity contribution in [2.45, 2.75) is 233 Å². The van der Waals surface area contributed by atoms with Gasteiger partial charge in [-0.05, 0) is 210 Å². The van der Waals surface area contributed by atoms with Crippen LogP contribution in [-0.2, 0) is 27.3 Å². The zero-order chi connectivity index (χ0) is 69.7. The summed E-state index contributed by atoms with van der Waals surface area (Å²) in [6, 6.07) is 46.5. The van der Waals surface area contributed by atoms with Crippen LogP contribution >= 0.6 is 0 Å². The van der Waals surface area contributed by atoms with E-state index in [2.05, 4.69) is 39.3 Å². The first-order valence-electron chi connectivity index (χ1n) is 36.1. The van der Waals surface area contributed by atoms with Crippen LogP contribution in [0.25, 0.3) is 22.3 Å². The summed E-state index contributed by atoms with van der Waals surface area (Å²) in [6.07, 6.45) is 24.3. The predicted molar refractivity (Wildman–Crippen MR) is 397 cm³/mol. The molecule has 2 atom stereocenters. The van der Waals surface area contributed by atoms with Crippen LogP contribution in [0.2, 0.25) is 51.4 Å². The minimum atomic E-state index is -2.22. The van der Waals surface area contributed by atoms with E-state index in [0.29, 0.717) is 60.6 Å². The van der Waals surface area contributed by atoms with Gasteiger partial charge in [-0.1, -0.05) is 178 Å². The third-order valence-corrected chi connectivity index (χ3v) is 28.4. The fourth-order valence-corrected chi connectivity index (χ4v) is 25.8. The van der Waals surface area contributed by atoms with Gasteiger partial charge in [0.15, 0.2) is 28.8 Å². The van der Waals surface area contributed by atoms with Gasteiger partial charge in [0.1, 0.15) is 34.5 Å². The number of carbonyl (C=O) groups is 4. The molecule has 0 aromatic heterocycles. The van der Waals surface area contributed by atoms with E-state index in [1.165, 1.54) is 115 Å². The van der Waals surface area contributed by atoms with Crippen molar-refractivity contribution in [3.05, 3.63) is 157 Å². The second-order valence-corrected chi connectivity index (χ2v) is 39.6. The highest BCUT2D eigenvalue weighted by Gasteiger charge is 2.39. The normalized spacial score (nSPS) is 12.3. The molecule has 0 spiro atoms. The summed E-state index contributed by atoms with van der Waals surface area (Å²) in [5, 5.41) is 0. The molecule has 528 valence electrons. The number of hydrogen-bond donors (Lipinski definition) is 0. The molecule has 6 aromatic carbocycles. The van der Waals surface area contributed by atoms with Crippen LogP contribution in [0.5, 0.6) is 34.5 Å². The quantitative estimate of drug-likeness (QED) is 0.0154. The molecule has 0 bridgehead atoms. The highest BCUT2D eigenvalue weighted by atomic mass is 28.5. The molecule has 6 rings (SSSR count). The molecule has 14 nitrogen and oxygen atoms in total. The highest BCUT2D eigenvalue weighted by molar-refractivity contribution is 6.87. The van der Waals surface area contributed by atoms with Crippen LogP contribution in [0.15, 0.2) is 146 Å². The molecule has 0 amide bonds. The molecule has 97 heavy (non-hydrogen) atoms. The standard InChI is InChI=1S/C80H112O14Si3/c1-11-13-57-87-77(81)63(3)89-73-49-53-75(54-50-73)91-79(83)69-37-33-65(34-38-69)67-41-45-71(46-42-67)85-59-29-25-21-17-15-19-23-27-31-61-95(5,6)93-97(9,10)94-96(7,8)62-32-28-24-20-16-18-22-26-30-60-86-72-47-43-68(44-48-72)66-35-39-70(40-36-66)80(84)92-76-55-51-74(52-56-76)90-64(4)78(82)88-58-14-12-2/h33-56,63-64H,11-32,57-62H2,1-10H3/t63-,64-/m1/s1. The molecule has 0 saturated heterocycles. The van der Waals surface area contributed by atoms with Crippen molar-refractivity contribution in [3.63, 3.8) is 0 Å². The summed E-state index contributed by atoms with van der Waals surface area (Å²) in [5.74, 6) is 1.69. The van der Waals surface area contributed by atoms with Crippen LogP contribution in [0.4, 0.5) is 0 Å². The molecule has 0 heterocycles. The van der Waals surface area contributed by atoms with E-state index < -0.39 is 61.3 Å². The minimum absolute atomic E-state index is 0.377. The fraction of sp³-hybridized carbons (Fsp3) is 0.500. The molecule has 17 heteroatoms. The predicted octanol–water partition coefficient (Wildman–Crippen LogP) is 21.3. The number of hydrogen-bond acceptors (Lipinski definition) is 14. The number of unbranched alkanes of at least 4 members (excludes halogenated alkanes) is 18. The third-order valence-electron chi connectivity index (χ3n) is 16.9. The molecule has 0 radical (unpaired) electrons. The van der Waals surface area contributed by atoms with Crippen LogP contribution in [0, 0.1) is 0 Å². The number of benzene rings is 6. The van der Waals surface area contributed by atoms with Crippen molar-refractivity contribution >= 4 is 49.1 Å². The summed E-state index contributed by atoms with van der Waals surface area (Å²) in [6.45, 7) is 23.7. The molecule has 0 saturated carbocycles. The summed E-state index contributed by atoms with van der Waals surface area (Å²) < 4.78 is 59.1. The Morgan fingerprint density at radius 2 is 0.588 bits per heavy atom. The van der Waals surface area contributed by atoms with Crippen LogP contribution in [0.1, 0.15) is 190 Å². The molecule has 0 N–H and O–H groups in total. The van der Waals surface area contributed by atoms with Crippen LogP contribution in [0.3, 0.4) is 0 Å². The Morgan fingerprint density at radius 3 is 0.897 bits per heavy atom. The molecule has 0 fully saturated rings. The molecule has 0 unspecified atom stereocenters. The first-order valence-corrected chi connectivity index (χ1v) is 45.1. The summed E-state index contributed by atoms with van der Waals surface area (Å²) >= 11 is 0. The lowest BCUT2D eigenvalue weighted by Crippen LogP contribution is -2.52. The van der Waals surface area contributed by atoms with E-state index in [0.717, 1.165) is 72.3 Å². The van der Waals surface area contributed by atoms with Crippen molar-refractivity contribution in [2.24, 2.45) is 0 Å². The van der Waals surface area contributed by atoms with Gasteiger partial charge in [-0.15, -0.1) is 0 Å². The van der Waals surface area contributed by atoms with E-state index in [4.69, 9.17) is 46.1 Å². The molecular weight excluding hydrogens is 1270 g/mol. The Hall–Kier alpha value is -7.03. The summed E-state index contributed by atoms with van der Waals surface area (Å²) in [7, 11) is -5.86. The van der Waals surface area contributed by atoms with Gasteiger partial charge >= 0.3 is 32.4 Å². The van der Waals surface area contributed by atoms with Gasteiger partial charge in [-0.2, -0.15) is 0 Å². The maximum absolute atomic E-state index is 12.9. The van der Waals surface area contributed by atoms with E-state index in [1.54, 1.807) is 86.6 Å². The molecule has 6 aromatic rings. The van der Waals surface area contributed by atoms with E-state index in [9.17, 15) is 19.2 Å². The second-order valence-electron chi connectivity index (χ2n) is 27.2. The van der Waals surface area contributed by atoms with Gasteiger partial charge in [0, 0.05) is 0 Å². The lowest BCUT2D eigenvalue weighted by Gasteiger charge is -2.39. The zero-order valence-corrected chi connectivity index (χ0v) is 63.0. The average Bonchev–Trinajstić information content (AvgIpc) is 0.955. The Morgan fingerprint density at radius 1 is 0.320 bits per heavy atom. The molecule has 0 aliphatic heterocycles. The van der Waals surface area contributed by atoms with Crippen LogP contribution < -0.4 is 28.4 Å². The number of esters is 4. The lowest BCUT2D eigenvalue weighted by molar-refractivity contribution is -0.151. The average molecular weight is 1380 g/mol. The fourth-order valence-electron chi connectivity index (χ4n) is 11.6. The van der Waals surface area contributed by atoms with Gasteiger partial charge in [-0.3, -0.25) is 0 Å². The van der Waals surface area contributed by atoms with Crippen molar-refractivity contribution in [2.75, 3.05) is 26.4 Å². The van der Waals surface area contributed by atoms with E-state index >= 15 is 0 Å². The Balaban J connectivity index is 0.711. The van der Waals surface area contributed by atoms with Gasteiger partial charge in [-0.25, -0.2) is 19.2 Å². The van der Waals surface area contributed by atoms with E-state index in [1.807, 2.05) is 86.6 Å². The first kappa shape index (κ1) is 79.0. The topological polar surface area (TPSA) is 161 Å². The van der Waals surface area contributed by atoms with Crippen molar-refractivity contribution < 1.29 is 65.3 Å². The first-order chi connectivity index (χ1) is 46.7. The van der Waals surface area contributed by atoms with Gasteiger partial charge in [0.2, 0.25) is 0 Å². The Bertz CT molecular complexity index is 2990. The lowest BCUT2D eigenvalue weighted by atomic mass is 10.0. The number of ether oxygens (including phenoxy) is 8. The minimum Gasteiger partial charge on any atom is -0.494 e. The van der Waals surface area contributed by atoms with Crippen molar-refractivity contribution in [1.82, 2.24) is 0 Å². The molecule has 0 aliphatic carbocycles. The zero-order valence-electron chi connectivity index (χ0n) is 60.0. The van der Waals surface area contributed by atoms with Gasteiger partial charge in [0.25, 0.3) is 0 Å². The Kier molecular flexibility index (Phi) is 34.8. The second kappa shape index (κ2) is 42.7. The maximum atomic E-state index is 12.9. The third kappa shape index (κ3) is 31.2. The number of rotatable bonds is 48. The van der Waals surface area contributed by atoms with Gasteiger partial charge < -0.3 is 46.1 Å². The van der Waals surface area contributed by atoms with Gasteiger partial charge in [0.05, 0.1) is 37.6 Å². The monoisotopic (exact) mass is 1380 g/mol.